The van der Waals surface area contributed by atoms with E-state index in [9.17, 15) is 0 Å². The summed E-state index contributed by atoms with van der Waals surface area (Å²) < 4.78 is 1.32. The van der Waals surface area contributed by atoms with Gasteiger partial charge in [0.2, 0.25) is 0 Å². The summed E-state index contributed by atoms with van der Waals surface area (Å²) in [6.45, 7) is 6.72. The van der Waals surface area contributed by atoms with Crippen LogP contribution in [0.3, 0.4) is 0 Å². The van der Waals surface area contributed by atoms with Gasteiger partial charge in [-0.2, -0.15) is 0 Å². The Morgan fingerprint density at radius 3 is 2.41 bits per heavy atom. The lowest BCUT2D eigenvalue weighted by molar-refractivity contribution is 0.497. The third-order valence-electron chi connectivity index (χ3n) is 3.05. The highest BCUT2D eigenvalue weighted by Gasteiger charge is 2.02. The molecule has 1 rings (SSSR count). The topological polar surface area (TPSA) is 0 Å². The molecule has 0 bridgehead atoms. The molecule has 0 saturated carbocycles. The summed E-state index contributed by atoms with van der Waals surface area (Å²) in [4.78, 5) is 0. The van der Waals surface area contributed by atoms with E-state index in [4.69, 9.17) is 0 Å². The number of hydrogen-bond donors (Lipinski definition) is 0. The van der Waals surface area contributed by atoms with Crippen molar-refractivity contribution in [2.24, 2.45) is 5.92 Å². The molecule has 0 aliphatic heterocycles. The maximum absolute atomic E-state index is 2.37. The lowest BCUT2D eigenvalue weighted by Gasteiger charge is -2.10. The lowest BCUT2D eigenvalue weighted by atomic mass is 9.96. The molecule has 0 radical (unpaired) electrons. The average molecular weight is 342 g/mol. The summed E-state index contributed by atoms with van der Waals surface area (Å²) in [7, 11) is 0. The third kappa shape index (κ3) is 6.87. The van der Waals surface area contributed by atoms with E-state index in [1.807, 2.05) is 0 Å². The number of halogens is 1. The minimum Gasteiger partial charge on any atom is -0.0859 e. The van der Waals surface area contributed by atoms with E-state index in [2.05, 4.69) is 73.7 Å². The van der Waals surface area contributed by atoms with Gasteiger partial charge in [-0.25, -0.2) is 0 Å². The van der Waals surface area contributed by atoms with Gasteiger partial charge in [-0.15, -0.1) is 0 Å². The molecule has 94 valence electrons. The number of benzene rings is 1. The van der Waals surface area contributed by atoms with Crippen LogP contribution in [0.25, 0.3) is 0 Å². The van der Waals surface area contributed by atoms with E-state index in [1.54, 1.807) is 0 Å². The van der Waals surface area contributed by atoms with Crippen molar-refractivity contribution in [1.82, 2.24) is 0 Å². The van der Waals surface area contributed by atoms with Crippen LogP contribution < -0.4 is 0 Å². The highest BCUT2D eigenvalue weighted by atomic mass is 127. The standard InChI is InChI=1S/C16H23I/c1-13(2)5-4-6-14(3)7-8-15-9-11-16(17)12-10-15/h5,9-12,14H,4,6-8H2,1-3H3. The maximum atomic E-state index is 2.37. The zero-order valence-electron chi connectivity index (χ0n) is 11.2. The van der Waals surface area contributed by atoms with E-state index < -0.39 is 0 Å². The first-order chi connectivity index (χ1) is 8.08. The van der Waals surface area contributed by atoms with Gasteiger partial charge in [-0.05, 0) is 85.7 Å². The third-order valence-corrected chi connectivity index (χ3v) is 3.77. The Hall–Kier alpha value is -0.310. The first-order valence-corrected chi connectivity index (χ1v) is 7.53. The van der Waals surface area contributed by atoms with Gasteiger partial charge in [0.15, 0.2) is 0 Å². The van der Waals surface area contributed by atoms with Crippen LogP contribution in [0.15, 0.2) is 35.9 Å². The van der Waals surface area contributed by atoms with Crippen LogP contribution in [-0.2, 0) is 6.42 Å². The molecule has 0 aliphatic carbocycles. The SMILES string of the molecule is CC(C)=CCCC(C)CCc1ccc(I)cc1. The van der Waals surface area contributed by atoms with Gasteiger partial charge in [0.25, 0.3) is 0 Å². The fourth-order valence-electron chi connectivity index (χ4n) is 1.87. The fraction of sp³-hybridized carbons (Fsp3) is 0.500. The van der Waals surface area contributed by atoms with E-state index in [1.165, 1.54) is 40.4 Å². The van der Waals surface area contributed by atoms with Crippen molar-refractivity contribution in [3.63, 3.8) is 0 Å². The summed E-state index contributed by atoms with van der Waals surface area (Å²) in [5.41, 5.74) is 2.91. The minimum absolute atomic E-state index is 0.824. The van der Waals surface area contributed by atoms with Gasteiger partial charge < -0.3 is 0 Å². The van der Waals surface area contributed by atoms with Crippen molar-refractivity contribution >= 4 is 22.6 Å². The van der Waals surface area contributed by atoms with Gasteiger partial charge in [0, 0.05) is 3.57 Å². The van der Waals surface area contributed by atoms with Crippen molar-refractivity contribution in [1.29, 1.82) is 0 Å². The zero-order chi connectivity index (χ0) is 12.7. The summed E-state index contributed by atoms with van der Waals surface area (Å²) in [6, 6.07) is 8.91. The smallest absolute Gasteiger partial charge is 0.0130 e. The first kappa shape index (κ1) is 14.7. The average Bonchev–Trinajstić information content (AvgIpc) is 2.28. The Morgan fingerprint density at radius 1 is 1.18 bits per heavy atom. The molecule has 0 saturated heterocycles. The van der Waals surface area contributed by atoms with Gasteiger partial charge in [-0.3, -0.25) is 0 Å². The lowest BCUT2D eigenvalue weighted by Crippen LogP contribution is -1.97. The molecule has 0 heterocycles. The summed E-state index contributed by atoms with van der Waals surface area (Å²) in [5.74, 6) is 0.824. The molecule has 1 heteroatoms. The molecule has 1 unspecified atom stereocenters. The van der Waals surface area contributed by atoms with Crippen LogP contribution in [0.4, 0.5) is 0 Å². The Balaban J connectivity index is 2.26. The quantitative estimate of drug-likeness (QED) is 0.466. The van der Waals surface area contributed by atoms with Gasteiger partial charge >= 0.3 is 0 Å². The highest BCUT2D eigenvalue weighted by molar-refractivity contribution is 14.1. The maximum Gasteiger partial charge on any atom is 0.0130 e. The number of aryl methyl sites for hydroxylation is 1. The Labute approximate surface area is 120 Å². The Bertz CT molecular complexity index is 344. The van der Waals surface area contributed by atoms with Crippen LogP contribution in [0.2, 0.25) is 0 Å². The van der Waals surface area contributed by atoms with Crippen LogP contribution in [0, 0.1) is 9.49 Å². The minimum atomic E-state index is 0.824. The largest absolute Gasteiger partial charge is 0.0859 e. The monoisotopic (exact) mass is 342 g/mol. The number of hydrogen-bond acceptors (Lipinski definition) is 0. The molecular weight excluding hydrogens is 319 g/mol. The van der Waals surface area contributed by atoms with Crippen molar-refractivity contribution in [2.45, 2.75) is 46.5 Å². The van der Waals surface area contributed by atoms with Crippen molar-refractivity contribution < 1.29 is 0 Å². The predicted octanol–water partition coefficient (Wildman–Crippen LogP) is 5.61. The molecule has 0 amide bonds. The predicted molar refractivity (Wildman–Crippen MR) is 85.3 cm³/mol. The van der Waals surface area contributed by atoms with Crippen LogP contribution >= 0.6 is 22.6 Å². The Morgan fingerprint density at radius 2 is 1.82 bits per heavy atom. The van der Waals surface area contributed by atoms with Crippen LogP contribution in [0.5, 0.6) is 0 Å². The molecule has 0 nitrogen and oxygen atoms in total. The fourth-order valence-corrected chi connectivity index (χ4v) is 2.22. The van der Waals surface area contributed by atoms with E-state index in [0.717, 1.165) is 5.92 Å². The highest BCUT2D eigenvalue weighted by Crippen LogP contribution is 2.16. The van der Waals surface area contributed by atoms with Crippen LogP contribution in [-0.4, -0.2) is 0 Å². The number of allylic oxidation sites excluding steroid dienone is 2. The zero-order valence-corrected chi connectivity index (χ0v) is 13.3. The molecule has 0 aromatic heterocycles. The van der Waals surface area contributed by atoms with Crippen molar-refractivity contribution in [2.75, 3.05) is 0 Å². The Kier molecular flexibility index (Phi) is 6.86. The normalized spacial score (nSPS) is 12.2. The summed E-state index contributed by atoms with van der Waals surface area (Å²) >= 11 is 2.36. The van der Waals surface area contributed by atoms with Crippen LogP contribution in [0.1, 0.15) is 45.6 Å². The van der Waals surface area contributed by atoms with Gasteiger partial charge in [0.05, 0.1) is 0 Å². The van der Waals surface area contributed by atoms with Crippen molar-refractivity contribution in [3.8, 4) is 0 Å². The second kappa shape index (κ2) is 7.91. The van der Waals surface area contributed by atoms with E-state index >= 15 is 0 Å². The van der Waals surface area contributed by atoms with Crippen molar-refractivity contribution in [3.05, 3.63) is 45.0 Å². The number of rotatable bonds is 6. The molecule has 1 aromatic carbocycles. The molecule has 0 aliphatic rings. The van der Waals surface area contributed by atoms with Gasteiger partial charge in [0.1, 0.15) is 0 Å². The molecule has 0 N–H and O–H groups in total. The molecule has 1 atom stereocenters. The second-order valence-corrected chi connectivity index (χ2v) is 6.37. The molecular formula is C16H23I. The molecule has 0 spiro atoms. The second-order valence-electron chi connectivity index (χ2n) is 5.13. The van der Waals surface area contributed by atoms with E-state index in [0.29, 0.717) is 0 Å². The summed E-state index contributed by atoms with van der Waals surface area (Å²) in [6.07, 6.45) is 7.41. The van der Waals surface area contributed by atoms with E-state index in [-0.39, 0.29) is 0 Å². The van der Waals surface area contributed by atoms with Gasteiger partial charge in [-0.1, -0.05) is 30.7 Å². The molecule has 1 aromatic rings. The summed E-state index contributed by atoms with van der Waals surface area (Å²) in [5, 5.41) is 0. The molecule has 17 heavy (non-hydrogen) atoms. The molecule has 0 fully saturated rings. The first-order valence-electron chi connectivity index (χ1n) is 6.45.